The summed E-state index contributed by atoms with van der Waals surface area (Å²) < 4.78 is 12.6. The second-order valence-corrected chi connectivity index (χ2v) is 4.95. The first kappa shape index (κ1) is 9.20. The summed E-state index contributed by atoms with van der Waals surface area (Å²) in [7, 11) is 0. The Morgan fingerprint density at radius 3 is 2.38 bits per heavy atom. The molecule has 2 unspecified atom stereocenters. The number of rotatable bonds is 1. The van der Waals surface area contributed by atoms with Gasteiger partial charge in [-0.3, -0.25) is 0 Å². The number of hydrogen-bond donors (Lipinski definition) is 0. The van der Waals surface area contributed by atoms with Gasteiger partial charge in [0.15, 0.2) is 0 Å². The summed E-state index contributed by atoms with van der Waals surface area (Å²) in [5.41, 5.74) is 1.28. The molecule has 0 nitrogen and oxygen atoms in total. The summed E-state index contributed by atoms with van der Waals surface area (Å²) in [5, 5.41) is 0. The van der Waals surface area contributed by atoms with Crippen LogP contribution in [0.25, 0.3) is 0 Å². The third-order valence-corrected chi connectivity index (χ3v) is 3.54. The van der Waals surface area contributed by atoms with Crippen LogP contribution >= 0.6 is 15.9 Å². The molecule has 0 bridgehead atoms. The van der Waals surface area contributed by atoms with E-state index < -0.39 is 0 Å². The Labute approximate surface area is 86.3 Å². The maximum Gasteiger partial charge on any atom is 0.123 e. The first-order valence-corrected chi connectivity index (χ1v) is 5.57. The van der Waals surface area contributed by atoms with Crippen molar-refractivity contribution in [2.45, 2.75) is 30.0 Å². The van der Waals surface area contributed by atoms with Gasteiger partial charge in [0, 0.05) is 4.83 Å². The van der Waals surface area contributed by atoms with Crippen LogP contribution < -0.4 is 0 Å². The average molecular weight is 243 g/mol. The van der Waals surface area contributed by atoms with Gasteiger partial charge in [0.25, 0.3) is 0 Å². The van der Waals surface area contributed by atoms with Crippen LogP contribution in [0.5, 0.6) is 0 Å². The lowest BCUT2D eigenvalue weighted by Crippen LogP contribution is -1.93. The normalized spacial score (nSPS) is 27.8. The number of benzene rings is 1. The molecule has 0 N–H and O–H groups in total. The zero-order valence-corrected chi connectivity index (χ0v) is 8.93. The first-order valence-electron chi connectivity index (χ1n) is 4.65. The molecule has 1 aliphatic carbocycles. The fourth-order valence-corrected chi connectivity index (χ4v) is 2.68. The van der Waals surface area contributed by atoms with E-state index in [0.29, 0.717) is 10.7 Å². The smallest absolute Gasteiger partial charge is 0.123 e. The fraction of sp³-hybridized carbons (Fsp3) is 0.455. The van der Waals surface area contributed by atoms with Gasteiger partial charge in [-0.1, -0.05) is 28.1 Å². The van der Waals surface area contributed by atoms with Crippen LogP contribution in [0, 0.1) is 5.82 Å². The van der Waals surface area contributed by atoms with Gasteiger partial charge in [-0.15, -0.1) is 0 Å². The molecule has 0 aromatic heterocycles. The van der Waals surface area contributed by atoms with Crippen LogP contribution in [-0.2, 0) is 0 Å². The topological polar surface area (TPSA) is 0 Å². The van der Waals surface area contributed by atoms with Crippen LogP contribution in [0.3, 0.4) is 0 Å². The Morgan fingerprint density at radius 1 is 1.15 bits per heavy atom. The molecule has 1 aromatic rings. The zero-order valence-electron chi connectivity index (χ0n) is 7.34. The van der Waals surface area contributed by atoms with E-state index in [1.807, 2.05) is 12.1 Å². The summed E-state index contributed by atoms with van der Waals surface area (Å²) in [4.78, 5) is 0.655. The quantitative estimate of drug-likeness (QED) is 0.657. The lowest BCUT2D eigenvalue weighted by molar-refractivity contribution is 0.624. The Hall–Kier alpha value is -0.370. The Balaban J connectivity index is 2.13. The third-order valence-electron chi connectivity index (χ3n) is 2.71. The van der Waals surface area contributed by atoms with E-state index in [2.05, 4.69) is 15.9 Å². The zero-order chi connectivity index (χ0) is 9.26. The second kappa shape index (κ2) is 3.79. The standard InChI is InChI=1S/C11H12BrF/c12-10-4-1-9(7-10)8-2-5-11(13)6-3-8/h2-3,5-6,9-10H,1,4,7H2. The van der Waals surface area contributed by atoms with E-state index in [1.165, 1.54) is 24.8 Å². The molecule has 0 aliphatic heterocycles. The fourth-order valence-electron chi connectivity index (χ4n) is 1.96. The predicted octanol–water partition coefficient (Wildman–Crippen LogP) is 3.86. The minimum atomic E-state index is -0.142. The molecule has 1 fully saturated rings. The largest absolute Gasteiger partial charge is 0.207 e. The third kappa shape index (κ3) is 2.11. The lowest BCUT2D eigenvalue weighted by Gasteiger charge is -2.08. The molecular formula is C11H12BrF. The number of alkyl halides is 1. The molecule has 2 atom stereocenters. The van der Waals surface area contributed by atoms with Crippen molar-refractivity contribution < 1.29 is 4.39 Å². The second-order valence-electron chi connectivity index (χ2n) is 3.66. The molecule has 1 saturated carbocycles. The molecular weight excluding hydrogens is 231 g/mol. The van der Waals surface area contributed by atoms with Crippen molar-refractivity contribution in [1.29, 1.82) is 0 Å². The van der Waals surface area contributed by atoms with Gasteiger partial charge in [0.1, 0.15) is 5.82 Å². The molecule has 2 rings (SSSR count). The van der Waals surface area contributed by atoms with Crippen LogP contribution in [0.1, 0.15) is 30.7 Å². The van der Waals surface area contributed by atoms with Crippen molar-refractivity contribution in [2.24, 2.45) is 0 Å². The maximum absolute atomic E-state index is 12.6. The van der Waals surface area contributed by atoms with Gasteiger partial charge in [0.05, 0.1) is 0 Å². The van der Waals surface area contributed by atoms with E-state index in [0.717, 1.165) is 0 Å². The molecule has 0 spiro atoms. The molecule has 0 amide bonds. The highest BCUT2D eigenvalue weighted by atomic mass is 79.9. The lowest BCUT2D eigenvalue weighted by atomic mass is 9.98. The van der Waals surface area contributed by atoms with Crippen LogP contribution in [-0.4, -0.2) is 4.83 Å². The van der Waals surface area contributed by atoms with Gasteiger partial charge >= 0.3 is 0 Å². The Kier molecular flexibility index (Phi) is 2.68. The summed E-state index contributed by atoms with van der Waals surface area (Å²) in [6, 6.07) is 6.92. The first-order chi connectivity index (χ1) is 6.25. The number of halogens is 2. The number of hydrogen-bond acceptors (Lipinski definition) is 0. The molecule has 13 heavy (non-hydrogen) atoms. The van der Waals surface area contributed by atoms with Crippen LogP contribution in [0.2, 0.25) is 0 Å². The van der Waals surface area contributed by atoms with Crippen molar-refractivity contribution >= 4 is 15.9 Å². The van der Waals surface area contributed by atoms with Gasteiger partial charge in [-0.25, -0.2) is 4.39 Å². The van der Waals surface area contributed by atoms with Crippen molar-refractivity contribution in [3.63, 3.8) is 0 Å². The van der Waals surface area contributed by atoms with Gasteiger partial charge in [-0.2, -0.15) is 0 Å². The summed E-state index contributed by atoms with van der Waals surface area (Å²) in [6.07, 6.45) is 3.65. The van der Waals surface area contributed by atoms with Crippen LogP contribution in [0.15, 0.2) is 24.3 Å². The van der Waals surface area contributed by atoms with E-state index >= 15 is 0 Å². The minimum Gasteiger partial charge on any atom is -0.207 e. The maximum atomic E-state index is 12.6. The van der Waals surface area contributed by atoms with Gasteiger partial charge < -0.3 is 0 Å². The molecule has 2 heteroatoms. The highest BCUT2D eigenvalue weighted by molar-refractivity contribution is 9.09. The molecule has 0 radical (unpaired) electrons. The average Bonchev–Trinajstić information content (AvgIpc) is 2.53. The SMILES string of the molecule is Fc1ccc(C2CCC(Br)C2)cc1. The van der Waals surface area contributed by atoms with Crippen molar-refractivity contribution in [2.75, 3.05) is 0 Å². The molecule has 70 valence electrons. The van der Waals surface area contributed by atoms with Crippen molar-refractivity contribution in [3.05, 3.63) is 35.6 Å². The highest BCUT2D eigenvalue weighted by Gasteiger charge is 2.23. The molecule has 0 saturated heterocycles. The van der Waals surface area contributed by atoms with Gasteiger partial charge in [-0.05, 0) is 42.9 Å². The minimum absolute atomic E-state index is 0.142. The Bertz CT molecular complexity index is 281. The van der Waals surface area contributed by atoms with E-state index in [1.54, 1.807) is 12.1 Å². The Morgan fingerprint density at radius 2 is 1.85 bits per heavy atom. The molecule has 0 heterocycles. The van der Waals surface area contributed by atoms with Crippen molar-refractivity contribution in [1.82, 2.24) is 0 Å². The highest BCUT2D eigenvalue weighted by Crippen LogP contribution is 2.37. The monoisotopic (exact) mass is 242 g/mol. The summed E-state index contributed by atoms with van der Waals surface area (Å²) >= 11 is 3.62. The van der Waals surface area contributed by atoms with Crippen LogP contribution in [0.4, 0.5) is 4.39 Å². The van der Waals surface area contributed by atoms with E-state index in [4.69, 9.17) is 0 Å². The molecule has 1 aromatic carbocycles. The van der Waals surface area contributed by atoms with E-state index in [-0.39, 0.29) is 5.82 Å². The van der Waals surface area contributed by atoms with Crippen molar-refractivity contribution in [3.8, 4) is 0 Å². The summed E-state index contributed by atoms with van der Waals surface area (Å²) in [5.74, 6) is 0.488. The van der Waals surface area contributed by atoms with E-state index in [9.17, 15) is 4.39 Å². The van der Waals surface area contributed by atoms with Gasteiger partial charge in [0.2, 0.25) is 0 Å². The predicted molar refractivity (Wildman–Crippen MR) is 55.7 cm³/mol. The molecule has 1 aliphatic rings. The summed E-state index contributed by atoms with van der Waals surface area (Å²) in [6.45, 7) is 0.